The van der Waals surface area contributed by atoms with Crippen molar-refractivity contribution in [3.05, 3.63) is 48.0 Å². The largest absolute Gasteiger partial charge is 0.451 e. The van der Waals surface area contributed by atoms with E-state index in [0.29, 0.717) is 5.56 Å². The topological polar surface area (TPSA) is 128 Å². The number of esters is 1. The zero-order valence-electron chi connectivity index (χ0n) is 15.0. The van der Waals surface area contributed by atoms with Crippen LogP contribution in [-0.2, 0) is 14.3 Å². The monoisotopic (exact) mass is 371 g/mol. The Morgan fingerprint density at radius 1 is 1.04 bits per heavy atom. The quantitative estimate of drug-likeness (QED) is 0.660. The highest BCUT2D eigenvalue weighted by Crippen LogP contribution is 2.15. The van der Waals surface area contributed by atoms with Crippen molar-refractivity contribution in [2.45, 2.75) is 20.0 Å². The minimum atomic E-state index is -1.19. The van der Waals surface area contributed by atoms with Gasteiger partial charge in [0.15, 0.2) is 6.10 Å². The van der Waals surface area contributed by atoms with E-state index in [-0.39, 0.29) is 5.92 Å². The molecule has 8 heteroatoms. The van der Waals surface area contributed by atoms with E-state index in [9.17, 15) is 19.2 Å². The van der Waals surface area contributed by atoms with Crippen molar-refractivity contribution in [3.63, 3.8) is 0 Å². The number of hydrogen-bond donors (Lipinski definition) is 3. The number of urea groups is 1. The van der Waals surface area contributed by atoms with Crippen LogP contribution in [0.1, 0.15) is 24.2 Å². The molecule has 0 saturated heterocycles. The molecule has 0 aliphatic carbocycles. The highest BCUT2D eigenvalue weighted by atomic mass is 16.5. The first-order valence-corrected chi connectivity index (χ1v) is 8.34. The molecule has 0 aliphatic rings. The van der Waals surface area contributed by atoms with E-state index in [4.69, 9.17) is 10.5 Å². The summed E-state index contributed by atoms with van der Waals surface area (Å²) in [7, 11) is 0. The predicted octanol–water partition coefficient (Wildman–Crippen LogP) is 1.33. The summed E-state index contributed by atoms with van der Waals surface area (Å²) >= 11 is 0. The van der Waals surface area contributed by atoms with E-state index in [0.717, 1.165) is 10.8 Å². The molecule has 0 unspecified atom stereocenters. The highest BCUT2D eigenvalue weighted by Gasteiger charge is 2.27. The molecule has 0 fully saturated rings. The standard InChI is InChI=1S/C19H21N3O5/c1-11(2)16(18(25)22-19(20)26)27-15(23)10-21-17(24)14-8-7-12-5-3-4-6-13(12)9-14/h3-9,11,16H,10H2,1-2H3,(H,21,24)(H3,20,22,25,26)/t16-/m0/s1. The molecule has 4 N–H and O–H groups in total. The normalized spacial score (nSPS) is 11.7. The zero-order valence-corrected chi connectivity index (χ0v) is 15.0. The van der Waals surface area contributed by atoms with Crippen LogP contribution >= 0.6 is 0 Å². The summed E-state index contributed by atoms with van der Waals surface area (Å²) in [6.45, 7) is 2.87. The molecule has 142 valence electrons. The fourth-order valence-electron chi connectivity index (χ4n) is 2.45. The van der Waals surface area contributed by atoms with Crippen LogP contribution in [0.2, 0.25) is 0 Å². The van der Waals surface area contributed by atoms with E-state index in [1.54, 1.807) is 26.0 Å². The first kappa shape index (κ1) is 19.9. The lowest BCUT2D eigenvalue weighted by atomic mass is 10.1. The number of ether oxygens (including phenoxy) is 1. The average molecular weight is 371 g/mol. The summed E-state index contributed by atoms with van der Waals surface area (Å²) in [6, 6.07) is 11.7. The van der Waals surface area contributed by atoms with E-state index < -0.39 is 36.5 Å². The molecule has 0 aliphatic heterocycles. The van der Waals surface area contributed by atoms with Gasteiger partial charge in [-0.15, -0.1) is 0 Å². The molecular formula is C19H21N3O5. The first-order valence-electron chi connectivity index (χ1n) is 8.34. The minimum absolute atomic E-state index is 0.385. The van der Waals surface area contributed by atoms with Gasteiger partial charge in [-0.2, -0.15) is 0 Å². The second-order valence-corrected chi connectivity index (χ2v) is 6.25. The lowest BCUT2D eigenvalue weighted by Gasteiger charge is -2.19. The predicted molar refractivity (Wildman–Crippen MR) is 98.7 cm³/mol. The number of hydrogen-bond acceptors (Lipinski definition) is 5. The van der Waals surface area contributed by atoms with Gasteiger partial charge in [0.2, 0.25) is 0 Å². The number of primary amides is 1. The molecule has 0 aromatic heterocycles. The Kier molecular flexibility index (Phi) is 6.48. The Bertz CT molecular complexity index is 879. The van der Waals surface area contributed by atoms with E-state index in [2.05, 4.69) is 5.32 Å². The molecule has 2 aromatic carbocycles. The van der Waals surface area contributed by atoms with Crippen LogP contribution in [0.15, 0.2) is 42.5 Å². The summed E-state index contributed by atoms with van der Waals surface area (Å²) in [4.78, 5) is 46.8. The zero-order chi connectivity index (χ0) is 20.0. The van der Waals surface area contributed by atoms with Crippen molar-refractivity contribution in [3.8, 4) is 0 Å². The van der Waals surface area contributed by atoms with Crippen LogP contribution in [0, 0.1) is 5.92 Å². The molecule has 2 aromatic rings. The molecule has 0 spiro atoms. The second-order valence-electron chi connectivity index (χ2n) is 6.25. The number of amides is 4. The third-order valence-corrected chi connectivity index (χ3v) is 3.77. The number of benzene rings is 2. The number of imide groups is 1. The number of rotatable bonds is 6. The van der Waals surface area contributed by atoms with Crippen LogP contribution in [0.25, 0.3) is 10.8 Å². The van der Waals surface area contributed by atoms with Gasteiger partial charge in [0.05, 0.1) is 0 Å². The fourth-order valence-corrected chi connectivity index (χ4v) is 2.45. The molecule has 0 radical (unpaired) electrons. The van der Waals surface area contributed by atoms with Crippen molar-refractivity contribution >= 4 is 34.6 Å². The van der Waals surface area contributed by atoms with Crippen LogP contribution in [0.5, 0.6) is 0 Å². The third-order valence-electron chi connectivity index (χ3n) is 3.77. The van der Waals surface area contributed by atoms with Crippen LogP contribution in [-0.4, -0.2) is 36.5 Å². The SMILES string of the molecule is CC(C)[C@H](OC(=O)CNC(=O)c1ccc2ccccc2c1)C(=O)NC(N)=O. The van der Waals surface area contributed by atoms with Crippen LogP contribution in [0.3, 0.4) is 0 Å². The first-order chi connectivity index (χ1) is 12.8. The van der Waals surface area contributed by atoms with Gasteiger partial charge in [0, 0.05) is 5.56 Å². The Labute approximate surface area is 156 Å². The maximum atomic E-state index is 12.2. The van der Waals surface area contributed by atoms with E-state index in [1.165, 1.54) is 0 Å². The van der Waals surface area contributed by atoms with Gasteiger partial charge in [0.25, 0.3) is 11.8 Å². The number of carbonyl (C=O) groups excluding carboxylic acids is 4. The second kappa shape index (κ2) is 8.79. The average Bonchev–Trinajstić information content (AvgIpc) is 2.62. The minimum Gasteiger partial charge on any atom is -0.451 e. The maximum Gasteiger partial charge on any atom is 0.326 e. The van der Waals surface area contributed by atoms with Gasteiger partial charge in [-0.1, -0.05) is 44.2 Å². The molecular weight excluding hydrogens is 350 g/mol. The Morgan fingerprint density at radius 3 is 2.33 bits per heavy atom. The molecule has 27 heavy (non-hydrogen) atoms. The number of nitrogens with one attached hydrogen (secondary N) is 2. The lowest BCUT2D eigenvalue weighted by molar-refractivity contribution is -0.157. The summed E-state index contributed by atoms with van der Waals surface area (Å²) in [5.41, 5.74) is 5.29. The maximum absolute atomic E-state index is 12.2. The summed E-state index contributed by atoms with van der Waals surface area (Å²) in [5, 5.41) is 6.22. The van der Waals surface area contributed by atoms with E-state index >= 15 is 0 Å². The van der Waals surface area contributed by atoms with Crippen LogP contribution in [0.4, 0.5) is 4.79 Å². The summed E-state index contributed by atoms with van der Waals surface area (Å²) in [5.74, 6) is -2.45. The summed E-state index contributed by atoms with van der Waals surface area (Å²) in [6.07, 6.45) is -1.19. The van der Waals surface area contributed by atoms with Gasteiger partial charge in [-0.25, -0.2) is 4.79 Å². The molecule has 0 heterocycles. The fraction of sp³-hybridized carbons (Fsp3) is 0.263. The van der Waals surface area contributed by atoms with Crippen molar-refractivity contribution < 1.29 is 23.9 Å². The van der Waals surface area contributed by atoms with Crippen molar-refractivity contribution in [1.29, 1.82) is 0 Å². The molecule has 4 amide bonds. The van der Waals surface area contributed by atoms with Crippen molar-refractivity contribution in [2.24, 2.45) is 11.7 Å². The summed E-state index contributed by atoms with van der Waals surface area (Å²) < 4.78 is 5.06. The molecule has 8 nitrogen and oxygen atoms in total. The Hall–Kier alpha value is -3.42. The smallest absolute Gasteiger partial charge is 0.326 e. The van der Waals surface area contributed by atoms with Crippen LogP contribution < -0.4 is 16.4 Å². The molecule has 2 rings (SSSR count). The van der Waals surface area contributed by atoms with Crippen molar-refractivity contribution in [1.82, 2.24) is 10.6 Å². The van der Waals surface area contributed by atoms with Gasteiger partial charge in [-0.3, -0.25) is 19.7 Å². The molecule has 0 saturated carbocycles. The molecule has 1 atom stereocenters. The highest BCUT2D eigenvalue weighted by molar-refractivity contribution is 6.00. The number of carbonyl (C=O) groups is 4. The van der Waals surface area contributed by atoms with Gasteiger partial charge < -0.3 is 15.8 Å². The van der Waals surface area contributed by atoms with Gasteiger partial charge in [-0.05, 0) is 28.8 Å². The Balaban J connectivity index is 1.95. The van der Waals surface area contributed by atoms with Gasteiger partial charge in [0.1, 0.15) is 6.54 Å². The van der Waals surface area contributed by atoms with Gasteiger partial charge >= 0.3 is 12.0 Å². The van der Waals surface area contributed by atoms with E-state index in [1.807, 2.05) is 35.6 Å². The lowest BCUT2D eigenvalue weighted by Crippen LogP contribution is -2.46. The van der Waals surface area contributed by atoms with Crippen molar-refractivity contribution in [2.75, 3.05) is 6.54 Å². The molecule has 0 bridgehead atoms. The number of nitrogens with two attached hydrogens (primary N) is 1. The number of fused-ring (bicyclic) bond motifs is 1. The third kappa shape index (κ3) is 5.53. The Morgan fingerprint density at radius 2 is 1.70 bits per heavy atom.